The second kappa shape index (κ2) is 7.70. The summed E-state index contributed by atoms with van der Waals surface area (Å²) in [7, 11) is 0. The minimum atomic E-state index is -0.417. The molecular formula is C18H22O3. The molecule has 3 nitrogen and oxygen atoms in total. The van der Waals surface area contributed by atoms with E-state index in [-0.39, 0.29) is 0 Å². The zero-order valence-electron chi connectivity index (χ0n) is 12.6. The quantitative estimate of drug-likeness (QED) is 0.801. The molecule has 0 unspecified atom stereocenters. The van der Waals surface area contributed by atoms with Crippen LogP contribution in [0.5, 0.6) is 17.2 Å². The van der Waals surface area contributed by atoms with Crippen molar-refractivity contribution < 1.29 is 14.6 Å². The number of hydrogen-bond acceptors (Lipinski definition) is 3. The van der Waals surface area contributed by atoms with Gasteiger partial charge in [0, 0.05) is 0 Å². The maximum atomic E-state index is 9.79. The molecule has 0 aliphatic heterocycles. The fourth-order valence-electron chi connectivity index (χ4n) is 1.99. The van der Waals surface area contributed by atoms with Crippen molar-refractivity contribution >= 4 is 0 Å². The first-order valence-corrected chi connectivity index (χ1v) is 7.42. The Hall–Kier alpha value is -2.00. The van der Waals surface area contributed by atoms with Gasteiger partial charge in [0.25, 0.3) is 0 Å². The lowest BCUT2D eigenvalue weighted by molar-refractivity contribution is 0.173. The molecule has 1 N–H and O–H groups in total. The number of ether oxygens (including phenoxy) is 2. The summed E-state index contributed by atoms with van der Waals surface area (Å²) in [6.45, 7) is 4.69. The van der Waals surface area contributed by atoms with Crippen LogP contribution in [-0.2, 0) is 0 Å². The van der Waals surface area contributed by atoms with Crippen LogP contribution in [0.4, 0.5) is 0 Å². The van der Waals surface area contributed by atoms with Crippen molar-refractivity contribution in [2.24, 2.45) is 0 Å². The second-order valence-electron chi connectivity index (χ2n) is 4.89. The molecule has 0 fully saturated rings. The Balaban J connectivity index is 2.11. The second-order valence-corrected chi connectivity index (χ2v) is 4.89. The van der Waals surface area contributed by atoms with E-state index in [9.17, 15) is 5.11 Å². The van der Waals surface area contributed by atoms with Gasteiger partial charge >= 0.3 is 0 Å². The largest absolute Gasteiger partial charge is 0.490 e. The number of benzene rings is 2. The third-order valence-electron chi connectivity index (χ3n) is 3.19. The molecule has 0 radical (unpaired) electrons. The highest BCUT2D eigenvalue weighted by atomic mass is 16.5. The number of rotatable bonds is 7. The lowest BCUT2D eigenvalue weighted by Crippen LogP contribution is -1.97. The van der Waals surface area contributed by atoms with E-state index in [1.54, 1.807) is 0 Å². The first-order valence-electron chi connectivity index (χ1n) is 7.42. The average Bonchev–Trinajstić information content (AvgIpc) is 2.54. The summed E-state index contributed by atoms with van der Waals surface area (Å²) in [6.07, 6.45) is 1.24. The zero-order chi connectivity index (χ0) is 15.1. The van der Waals surface area contributed by atoms with Gasteiger partial charge in [0.1, 0.15) is 5.75 Å². The van der Waals surface area contributed by atoms with Gasteiger partial charge in [-0.3, -0.25) is 0 Å². The van der Waals surface area contributed by atoms with Crippen LogP contribution >= 0.6 is 0 Å². The van der Waals surface area contributed by atoms with Gasteiger partial charge in [-0.15, -0.1) is 0 Å². The summed E-state index contributed by atoms with van der Waals surface area (Å²) in [4.78, 5) is 0. The lowest BCUT2D eigenvalue weighted by atomic mass is 10.1. The van der Waals surface area contributed by atoms with Gasteiger partial charge in [0.2, 0.25) is 0 Å². The third-order valence-corrected chi connectivity index (χ3v) is 3.19. The highest BCUT2D eigenvalue weighted by Crippen LogP contribution is 2.32. The van der Waals surface area contributed by atoms with Gasteiger partial charge in [-0.05, 0) is 42.7 Å². The first kappa shape index (κ1) is 15.4. The van der Waals surface area contributed by atoms with Crippen LogP contribution in [0.1, 0.15) is 38.4 Å². The van der Waals surface area contributed by atoms with Gasteiger partial charge in [-0.2, -0.15) is 0 Å². The maximum absolute atomic E-state index is 9.79. The summed E-state index contributed by atoms with van der Waals surface area (Å²) in [6, 6.07) is 15.1. The van der Waals surface area contributed by atoms with Crippen LogP contribution in [0.25, 0.3) is 0 Å². The Morgan fingerprint density at radius 3 is 2.24 bits per heavy atom. The Morgan fingerprint density at radius 1 is 0.952 bits per heavy atom. The Kier molecular flexibility index (Phi) is 5.64. The molecule has 0 aromatic heterocycles. The van der Waals surface area contributed by atoms with E-state index >= 15 is 0 Å². The van der Waals surface area contributed by atoms with Crippen LogP contribution in [0.15, 0.2) is 48.5 Å². The van der Waals surface area contributed by atoms with Gasteiger partial charge in [0.15, 0.2) is 11.5 Å². The molecule has 0 spiro atoms. The summed E-state index contributed by atoms with van der Waals surface area (Å²) in [5.74, 6) is 2.18. The first-order chi connectivity index (χ1) is 10.2. The SMILES string of the molecule is CCCOc1ccccc1Oc1ccc([C@@H](O)CC)cc1. The van der Waals surface area contributed by atoms with Crippen LogP contribution in [0.2, 0.25) is 0 Å². The van der Waals surface area contributed by atoms with Gasteiger partial charge in [-0.1, -0.05) is 38.1 Å². The molecule has 0 saturated carbocycles. The number of hydrogen-bond donors (Lipinski definition) is 1. The maximum Gasteiger partial charge on any atom is 0.169 e. The van der Waals surface area contributed by atoms with Crippen molar-refractivity contribution in [2.45, 2.75) is 32.8 Å². The molecule has 21 heavy (non-hydrogen) atoms. The molecule has 2 aromatic rings. The molecule has 2 rings (SSSR count). The van der Waals surface area contributed by atoms with Crippen molar-refractivity contribution in [1.82, 2.24) is 0 Å². The average molecular weight is 286 g/mol. The van der Waals surface area contributed by atoms with E-state index in [2.05, 4.69) is 6.92 Å². The standard InChI is InChI=1S/C18H22O3/c1-3-13-20-17-7-5-6-8-18(17)21-15-11-9-14(10-12-15)16(19)4-2/h5-12,16,19H,3-4,13H2,1-2H3/t16-/m0/s1. The van der Waals surface area contributed by atoms with Crippen LogP contribution in [0.3, 0.4) is 0 Å². The number of para-hydroxylation sites is 2. The Labute approximate surface area is 126 Å². The fourth-order valence-corrected chi connectivity index (χ4v) is 1.99. The molecule has 112 valence electrons. The van der Waals surface area contributed by atoms with E-state index in [1.165, 1.54) is 0 Å². The predicted octanol–water partition coefficient (Wildman–Crippen LogP) is 4.71. The monoisotopic (exact) mass is 286 g/mol. The van der Waals surface area contributed by atoms with Crippen LogP contribution < -0.4 is 9.47 Å². The lowest BCUT2D eigenvalue weighted by Gasteiger charge is -2.13. The molecular weight excluding hydrogens is 264 g/mol. The summed E-state index contributed by atoms with van der Waals surface area (Å²) >= 11 is 0. The Morgan fingerprint density at radius 2 is 1.62 bits per heavy atom. The molecule has 0 amide bonds. The molecule has 0 heterocycles. The van der Waals surface area contributed by atoms with E-state index in [0.29, 0.717) is 18.8 Å². The fraction of sp³-hybridized carbons (Fsp3) is 0.333. The van der Waals surface area contributed by atoms with Crippen molar-refractivity contribution in [2.75, 3.05) is 6.61 Å². The zero-order valence-corrected chi connectivity index (χ0v) is 12.6. The minimum Gasteiger partial charge on any atom is -0.490 e. The van der Waals surface area contributed by atoms with E-state index in [4.69, 9.17) is 9.47 Å². The smallest absolute Gasteiger partial charge is 0.169 e. The van der Waals surface area contributed by atoms with Gasteiger partial charge < -0.3 is 14.6 Å². The number of aliphatic hydroxyl groups is 1. The summed E-state index contributed by atoms with van der Waals surface area (Å²) in [5, 5.41) is 9.79. The minimum absolute atomic E-state index is 0.417. The molecule has 1 atom stereocenters. The van der Waals surface area contributed by atoms with E-state index in [1.807, 2.05) is 55.5 Å². The van der Waals surface area contributed by atoms with E-state index < -0.39 is 6.10 Å². The molecule has 0 aliphatic carbocycles. The molecule has 0 aliphatic rings. The van der Waals surface area contributed by atoms with Crippen LogP contribution in [-0.4, -0.2) is 11.7 Å². The highest BCUT2D eigenvalue weighted by Gasteiger charge is 2.07. The molecule has 3 heteroatoms. The predicted molar refractivity (Wildman–Crippen MR) is 84.0 cm³/mol. The summed E-state index contributed by atoms with van der Waals surface area (Å²) < 4.78 is 11.5. The Bertz CT molecular complexity index is 549. The topological polar surface area (TPSA) is 38.7 Å². The van der Waals surface area contributed by atoms with Crippen molar-refractivity contribution in [3.05, 3.63) is 54.1 Å². The highest BCUT2D eigenvalue weighted by molar-refractivity contribution is 5.43. The molecule has 0 bridgehead atoms. The molecule has 0 saturated heterocycles. The van der Waals surface area contributed by atoms with E-state index in [0.717, 1.165) is 23.5 Å². The summed E-state index contributed by atoms with van der Waals surface area (Å²) in [5.41, 5.74) is 0.903. The van der Waals surface area contributed by atoms with Crippen molar-refractivity contribution in [3.8, 4) is 17.2 Å². The molecule has 2 aromatic carbocycles. The normalized spacial score (nSPS) is 12.0. The van der Waals surface area contributed by atoms with Crippen molar-refractivity contribution in [1.29, 1.82) is 0 Å². The van der Waals surface area contributed by atoms with Gasteiger partial charge in [-0.25, -0.2) is 0 Å². The van der Waals surface area contributed by atoms with Crippen LogP contribution in [0, 0.1) is 0 Å². The van der Waals surface area contributed by atoms with Gasteiger partial charge in [0.05, 0.1) is 12.7 Å². The van der Waals surface area contributed by atoms with Crippen molar-refractivity contribution in [3.63, 3.8) is 0 Å². The third kappa shape index (κ3) is 4.23. The number of aliphatic hydroxyl groups excluding tert-OH is 1.